The Labute approximate surface area is 139 Å². The first-order valence-corrected chi connectivity index (χ1v) is 7.76. The molecule has 2 aromatic rings. The number of fused-ring (bicyclic) bond motifs is 1. The van der Waals surface area contributed by atoms with Crippen molar-refractivity contribution in [1.29, 1.82) is 5.26 Å². The Balaban J connectivity index is 1.77. The molecular formula is C16H18N6O2. The van der Waals surface area contributed by atoms with Crippen molar-refractivity contribution in [3.63, 3.8) is 0 Å². The highest BCUT2D eigenvalue weighted by Gasteiger charge is 2.32. The summed E-state index contributed by atoms with van der Waals surface area (Å²) in [5, 5.41) is 17.3. The summed E-state index contributed by atoms with van der Waals surface area (Å²) in [6, 6.07) is 5.87. The minimum atomic E-state index is -0.739. The number of carbonyl (C=O) groups is 1. The summed E-state index contributed by atoms with van der Waals surface area (Å²) in [6.45, 7) is 2.68. The Kier molecular flexibility index (Phi) is 4.33. The molecule has 0 saturated heterocycles. The Morgan fingerprint density at radius 3 is 2.96 bits per heavy atom. The highest BCUT2D eigenvalue weighted by atomic mass is 16.6. The average Bonchev–Trinajstić information content (AvgIpc) is 2.52. The van der Waals surface area contributed by atoms with Gasteiger partial charge in [0, 0.05) is 42.4 Å². The summed E-state index contributed by atoms with van der Waals surface area (Å²) in [5.74, 6) is 1.39. The van der Waals surface area contributed by atoms with Gasteiger partial charge in [-0.15, -0.1) is 0 Å². The molecule has 0 atom stereocenters. The first-order chi connectivity index (χ1) is 11.6. The van der Waals surface area contributed by atoms with Gasteiger partial charge in [0.25, 0.3) is 0 Å². The molecule has 1 aliphatic rings. The summed E-state index contributed by atoms with van der Waals surface area (Å²) in [7, 11) is 0. The number of rotatable bonds is 5. The lowest BCUT2D eigenvalue weighted by Crippen LogP contribution is -2.42. The first-order valence-electron chi connectivity index (χ1n) is 7.76. The summed E-state index contributed by atoms with van der Waals surface area (Å²) in [4.78, 5) is 19.4. The number of pyridine rings is 2. The predicted molar refractivity (Wildman–Crippen MR) is 89.5 cm³/mol. The number of ether oxygens (including phenoxy) is 1. The molecule has 4 N–H and O–H groups in total. The number of nitrogens with zero attached hydrogens (tertiary/aromatic N) is 3. The Morgan fingerprint density at radius 1 is 1.50 bits per heavy atom. The number of carbonyl (C=O) groups excluding carboxylic acids is 1. The number of anilines is 2. The number of hydrogen-bond acceptors (Lipinski definition) is 7. The van der Waals surface area contributed by atoms with Gasteiger partial charge in [-0.05, 0) is 19.1 Å². The highest BCUT2D eigenvalue weighted by molar-refractivity contribution is 5.93. The Hall–Kier alpha value is -3.08. The van der Waals surface area contributed by atoms with Crippen molar-refractivity contribution in [3.05, 3.63) is 24.0 Å². The normalized spacial score (nSPS) is 19.2. The molecule has 1 amide bonds. The van der Waals surface area contributed by atoms with Crippen LogP contribution in [0.2, 0.25) is 0 Å². The van der Waals surface area contributed by atoms with E-state index in [-0.39, 0.29) is 12.1 Å². The van der Waals surface area contributed by atoms with E-state index < -0.39 is 6.09 Å². The lowest BCUT2D eigenvalue weighted by molar-refractivity contribution is 0.0517. The van der Waals surface area contributed by atoms with Gasteiger partial charge in [-0.2, -0.15) is 5.26 Å². The quantitative estimate of drug-likeness (QED) is 0.766. The van der Waals surface area contributed by atoms with Gasteiger partial charge in [-0.1, -0.05) is 0 Å². The van der Waals surface area contributed by atoms with Gasteiger partial charge in [-0.3, -0.25) is 0 Å². The van der Waals surface area contributed by atoms with Crippen LogP contribution in [0.3, 0.4) is 0 Å². The maximum Gasteiger partial charge on any atom is 0.404 e. The SMILES string of the molecule is CCNc1nc(C#N)cc2cnc(N[C@H]3C[C@H](OC(N)=O)C3)cc12. The molecular weight excluding hydrogens is 308 g/mol. The van der Waals surface area contributed by atoms with Crippen molar-refractivity contribution < 1.29 is 9.53 Å². The van der Waals surface area contributed by atoms with Crippen molar-refractivity contribution >= 4 is 28.5 Å². The van der Waals surface area contributed by atoms with Crippen LogP contribution in [-0.4, -0.2) is 34.8 Å². The average molecular weight is 326 g/mol. The molecule has 0 radical (unpaired) electrons. The van der Waals surface area contributed by atoms with Crippen LogP contribution in [0.4, 0.5) is 16.4 Å². The van der Waals surface area contributed by atoms with Crippen LogP contribution >= 0.6 is 0 Å². The minimum Gasteiger partial charge on any atom is -0.446 e. The van der Waals surface area contributed by atoms with Crippen molar-refractivity contribution in [2.45, 2.75) is 31.9 Å². The number of hydrogen-bond donors (Lipinski definition) is 3. The molecule has 8 heteroatoms. The lowest BCUT2D eigenvalue weighted by atomic mass is 9.89. The van der Waals surface area contributed by atoms with Gasteiger partial charge in [0.1, 0.15) is 29.5 Å². The molecule has 0 bridgehead atoms. The van der Waals surface area contributed by atoms with Gasteiger partial charge in [0.05, 0.1) is 0 Å². The Morgan fingerprint density at radius 2 is 2.29 bits per heavy atom. The van der Waals surface area contributed by atoms with E-state index in [0.29, 0.717) is 30.9 Å². The van der Waals surface area contributed by atoms with E-state index in [2.05, 4.69) is 26.7 Å². The van der Waals surface area contributed by atoms with Crippen LogP contribution in [0, 0.1) is 11.3 Å². The first kappa shape index (κ1) is 15.8. The maximum atomic E-state index is 10.7. The van der Waals surface area contributed by atoms with Crippen LogP contribution in [0.25, 0.3) is 10.8 Å². The second-order valence-corrected chi connectivity index (χ2v) is 5.66. The van der Waals surface area contributed by atoms with Gasteiger partial charge >= 0.3 is 6.09 Å². The summed E-state index contributed by atoms with van der Waals surface area (Å²) in [6.07, 6.45) is 2.26. The number of nitrogens with one attached hydrogen (secondary N) is 2. The molecule has 0 aliphatic heterocycles. The van der Waals surface area contributed by atoms with E-state index in [0.717, 1.165) is 16.6 Å². The monoisotopic (exact) mass is 326 g/mol. The molecule has 0 unspecified atom stereocenters. The number of nitriles is 1. The standard InChI is InChI=1S/C16H18N6O2/c1-2-19-15-13-6-14(20-8-9(13)3-11(7-17)22-15)21-10-4-12(5-10)24-16(18)23/h3,6,8,10,12H,2,4-5H2,1H3,(H2,18,23)(H,19,22)(H,20,21)/t10-,12-. The molecule has 0 spiro atoms. The fourth-order valence-electron chi connectivity index (χ4n) is 2.74. The van der Waals surface area contributed by atoms with Crippen molar-refractivity contribution in [2.24, 2.45) is 5.73 Å². The molecule has 124 valence electrons. The van der Waals surface area contributed by atoms with Crippen LogP contribution in [0.15, 0.2) is 18.3 Å². The molecule has 1 aliphatic carbocycles. The van der Waals surface area contributed by atoms with Crippen LogP contribution < -0.4 is 16.4 Å². The second-order valence-electron chi connectivity index (χ2n) is 5.66. The third kappa shape index (κ3) is 3.30. The van der Waals surface area contributed by atoms with E-state index in [9.17, 15) is 4.79 Å². The number of aromatic nitrogens is 2. The minimum absolute atomic E-state index is 0.127. The fourth-order valence-corrected chi connectivity index (χ4v) is 2.74. The van der Waals surface area contributed by atoms with Crippen molar-refractivity contribution in [3.8, 4) is 6.07 Å². The van der Waals surface area contributed by atoms with E-state index in [4.69, 9.17) is 15.7 Å². The third-order valence-corrected chi connectivity index (χ3v) is 3.90. The van der Waals surface area contributed by atoms with Crippen molar-refractivity contribution in [1.82, 2.24) is 9.97 Å². The fraction of sp³-hybridized carbons (Fsp3) is 0.375. The topological polar surface area (TPSA) is 126 Å². The van der Waals surface area contributed by atoms with Crippen LogP contribution in [0.1, 0.15) is 25.5 Å². The van der Waals surface area contributed by atoms with E-state index >= 15 is 0 Å². The molecule has 0 aromatic carbocycles. The smallest absolute Gasteiger partial charge is 0.404 e. The van der Waals surface area contributed by atoms with Crippen LogP contribution in [-0.2, 0) is 4.74 Å². The summed E-state index contributed by atoms with van der Waals surface area (Å²) < 4.78 is 4.93. The van der Waals surface area contributed by atoms with Gasteiger partial charge < -0.3 is 21.1 Å². The molecule has 1 saturated carbocycles. The van der Waals surface area contributed by atoms with Gasteiger partial charge in [-0.25, -0.2) is 14.8 Å². The molecule has 1 fully saturated rings. The van der Waals surface area contributed by atoms with Gasteiger partial charge in [0.2, 0.25) is 0 Å². The van der Waals surface area contributed by atoms with Crippen LogP contribution in [0.5, 0.6) is 0 Å². The zero-order chi connectivity index (χ0) is 17.1. The molecule has 3 rings (SSSR count). The zero-order valence-corrected chi connectivity index (χ0v) is 13.2. The predicted octanol–water partition coefficient (Wildman–Crippen LogP) is 1.97. The molecule has 2 heterocycles. The number of amides is 1. The summed E-state index contributed by atoms with van der Waals surface area (Å²) in [5.41, 5.74) is 5.35. The lowest BCUT2D eigenvalue weighted by Gasteiger charge is -2.34. The number of primary amides is 1. The number of nitrogens with two attached hydrogens (primary N) is 1. The largest absolute Gasteiger partial charge is 0.446 e. The summed E-state index contributed by atoms with van der Waals surface area (Å²) >= 11 is 0. The molecule has 8 nitrogen and oxygen atoms in total. The maximum absolute atomic E-state index is 10.7. The Bertz CT molecular complexity index is 810. The van der Waals surface area contributed by atoms with E-state index in [1.54, 1.807) is 12.3 Å². The van der Waals surface area contributed by atoms with Crippen molar-refractivity contribution in [2.75, 3.05) is 17.2 Å². The zero-order valence-electron chi connectivity index (χ0n) is 13.2. The van der Waals surface area contributed by atoms with E-state index in [1.165, 1.54) is 0 Å². The van der Waals surface area contributed by atoms with Gasteiger partial charge in [0.15, 0.2) is 0 Å². The van der Waals surface area contributed by atoms with E-state index in [1.807, 2.05) is 13.0 Å². The third-order valence-electron chi connectivity index (χ3n) is 3.90. The molecule has 24 heavy (non-hydrogen) atoms. The highest BCUT2D eigenvalue weighted by Crippen LogP contribution is 2.29. The molecule has 2 aromatic heterocycles. The second kappa shape index (κ2) is 6.58.